The molecule has 47 heavy (non-hydrogen) atoms. The van der Waals surface area contributed by atoms with Gasteiger partial charge in [0.2, 0.25) is 0 Å². The van der Waals surface area contributed by atoms with Crippen molar-refractivity contribution >= 4 is 44.6 Å². The van der Waals surface area contributed by atoms with Crippen LogP contribution in [0.4, 0.5) is 5.82 Å². The number of carbonyl (C=O) groups is 1. The number of imidazole rings is 1. The standard InChI is InChI=1S/C21H35N9O15P2/c22-8(20(35)36)2-1-3-25-21(24)29-18-14(33)12(31)9(43-18)4-41-46(37,38)45-47(39,40)42-5-10-13(32)15(34)19(44-10)30-7-28-11-16(23)26-6-27-17(11)30/h6-10,12-15,18-19,31-34H,1-5,22H2,(H,35,36)(H,37,38)(H,39,40)(H2,23,26,27)(H3,24,25,29)/t8-,9+,10+,12+,13+,14+,15+,18-,19+/m0/s1. The predicted octanol–water partition coefficient (Wildman–Crippen LogP) is -4.18. The summed E-state index contributed by atoms with van der Waals surface area (Å²) in [5, 5.41) is 52.6. The number of ether oxygens (including phenoxy) is 2. The lowest BCUT2D eigenvalue weighted by Gasteiger charge is -2.20. The molecule has 4 rings (SSSR count). The van der Waals surface area contributed by atoms with Crippen LogP contribution < -0.4 is 22.5 Å². The van der Waals surface area contributed by atoms with E-state index in [0.717, 1.165) is 6.33 Å². The maximum absolute atomic E-state index is 12.4. The molecule has 2 aliphatic rings. The lowest BCUT2D eigenvalue weighted by Crippen LogP contribution is -2.47. The fourth-order valence-corrected chi connectivity index (χ4v) is 6.59. The molecule has 11 atom stereocenters. The van der Waals surface area contributed by atoms with Crippen LogP contribution in [0, 0.1) is 0 Å². The Labute approximate surface area is 264 Å². The molecular formula is C21H35N9O15P2. The molecule has 2 aliphatic heterocycles. The number of nitrogens with zero attached hydrogens (tertiary/aromatic N) is 5. The molecule has 0 spiro atoms. The summed E-state index contributed by atoms with van der Waals surface area (Å²) in [4.78, 5) is 46.5. The topological polar surface area (TPSA) is 385 Å². The lowest BCUT2D eigenvalue weighted by atomic mass is 10.1. The van der Waals surface area contributed by atoms with Gasteiger partial charge >= 0.3 is 21.6 Å². The highest BCUT2D eigenvalue weighted by Crippen LogP contribution is 2.60. The Kier molecular flexibility index (Phi) is 11.8. The number of nitrogens with one attached hydrogen (secondary N) is 1. The number of hydrogen-bond acceptors (Lipinski definition) is 18. The number of aromatic nitrogens is 4. The van der Waals surface area contributed by atoms with Gasteiger partial charge in [0, 0.05) is 6.54 Å². The van der Waals surface area contributed by atoms with Gasteiger partial charge in [-0.1, -0.05) is 0 Å². The Bertz CT molecular complexity index is 1530. The number of carboxylic acid groups (broad SMARTS) is 1. The van der Waals surface area contributed by atoms with Gasteiger partial charge in [-0.05, 0) is 12.8 Å². The average molecular weight is 716 g/mol. The second-order valence-corrected chi connectivity index (χ2v) is 13.4. The number of aliphatic hydroxyl groups excluding tert-OH is 4. The van der Waals surface area contributed by atoms with Crippen molar-refractivity contribution in [3.05, 3.63) is 12.7 Å². The summed E-state index contributed by atoms with van der Waals surface area (Å²) in [5.74, 6) is -1.37. The largest absolute Gasteiger partial charge is 0.481 e. The molecule has 26 heteroatoms. The van der Waals surface area contributed by atoms with Crippen LogP contribution in [0.5, 0.6) is 0 Å². The highest BCUT2D eigenvalue weighted by Gasteiger charge is 2.47. The number of anilines is 1. The number of aliphatic imine (C=N–C) groups is 1. The van der Waals surface area contributed by atoms with Crippen molar-refractivity contribution in [3.63, 3.8) is 0 Å². The van der Waals surface area contributed by atoms with Crippen LogP contribution in [0.3, 0.4) is 0 Å². The minimum Gasteiger partial charge on any atom is -0.480 e. The van der Waals surface area contributed by atoms with Gasteiger partial charge in [-0.2, -0.15) is 4.31 Å². The van der Waals surface area contributed by atoms with Crippen LogP contribution >= 0.6 is 15.6 Å². The summed E-state index contributed by atoms with van der Waals surface area (Å²) in [7, 11) is -10.8. The van der Waals surface area contributed by atoms with E-state index in [1.807, 2.05) is 0 Å². The summed E-state index contributed by atoms with van der Waals surface area (Å²) in [5.41, 5.74) is 17.2. The number of guanidine groups is 1. The Balaban J connectivity index is 1.25. The molecule has 2 fully saturated rings. The molecule has 0 aliphatic carbocycles. The Morgan fingerprint density at radius 3 is 2.28 bits per heavy atom. The van der Waals surface area contributed by atoms with E-state index < -0.39 is 89.9 Å². The zero-order valence-corrected chi connectivity index (χ0v) is 25.9. The molecule has 24 nitrogen and oxygen atoms in total. The fraction of sp³-hybridized carbons (Fsp3) is 0.667. The second-order valence-electron chi connectivity index (χ2n) is 10.3. The van der Waals surface area contributed by atoms with Crippen molar-refractivity contribution in [2.24, 2.45) is 16.5 Å². The molecular weight excluding hydrogens is 680 g/mol. The van der Waals surface area contributed by atoms with E-state index in [9.17, 15) is 44.1 Å². The van der Waals surface area contributed by atoms with E-state index in [1.165, 1.54) is 10.9 Å². The number of aliphatic hydroxyl groups is 4. The van der Waals surface area contributed by atoms with E-state index in [2.05, 4.69) is 34.1 Å². The Morgan fingerprint density at radius 1 is 1.02 bits per heavy atom. The summed E-state index contributed by atoms with van der Waals surface area (Å²) in [6.45, 7) is -1.77. The molecule has 0 saturated carbocycles. The maximum atomic E-state index is 12.4. The third-order valence-corrected chi connectivity index (χ3v) is 9.54. The van der Waals surface area contributed by atoms with E-state index in [4.69, 9.17) is 36.3 Å². The van der Waals surface area contributed by atoms with Gasteiger partial charge < -0.3 is 67.3 Å². The van der Waals surface area contributed by atoms with Gasteiger partial charge in [0.1, 0.15) is 54.5 Å². The van der Waals surface area contributed by atoms with Crippen molar-refractivity contribution in [2.45, 2.75) is 68.0 Å². The lowest BCUT2D eigenvalue weighted by molar-refractivity contribution is -0.138. The van der Waals surface area contributed by atoms with Gasteiger partial charge in [0.05, 0.1) is 19.5 Å². The molecule has 14 N–H and O–H groups in total. The first-order valence-electron chi connectivity index (χ1n) is 13.7. The Hall–Kier alpha value is -2.93. The Morgan fingerprint density at radius 2 is 1.64 bits per heavy atom. The molecule has 2 saturated heterocycles. The smallest absolute Gasteiger partial charge is 0.480 e. The summed E-state index contributed by atoms with van der Waals surface area (Å²) >= 11 is 0. The first-order chi connectivity index (χ1) is 22.0. The number of carboxylic acids is 1. The van der Waals surface area contributed by atoms with E-state index in [0.29, 0.717) is 0 Å². The predicted molar refractivity (Wildman–Crippen MR) is 153 cm³/mol. The average Bonchev–Trinajstić information content (AvgIpc) is 3.63. The van der Waals surface area contributed by atoms with Gasteiger partial charge in [-0.25, -0.2) is 24.1 Å². The SMILES string of the molecule is NC(=NCCC[C@H](N)C(=O)O)N[C@H]1O[C@H](COP(=O)(O)OP(=O)(O)OC[C@H]2O[C@@H](n3cnc4c(N)ncnc43)[C@H](O)[C@@H]2O)[C@@H](O)[C@H]1O. The van der Waals surface area contributed by atoms with Crippen molar-refractivity contribution in [2.75, 3.05) is 25.5 Å². The first-order valence-corrected chi connectivity index (χ1v) is 16.7. The zero-order chi connectivity index (χ0) is 34.7. The monoisotopic (exact) mass is 715 g/mol. The van der Waals surface area contributed by atoms with Crippen LogP contribution in [0.25, 0.3) is 11.2 Å². The zero-order valence-electron chi connectivity index (χ0n) is 24.1. The number of aliphatic carboxylic acids is 1. The normalized spacial score (nSPS) is 31.4. The van der Waals surface area contributed by atoms with Gasteiger partial charge in [-0.3, -0.25) is 23.4 Å². The van der Waals surface area contributed by atoms with E-state index in [-0.39, 0.29) is 42.3 Å². The molecule has 0 amide bonds. The van der Waals surface area contributed by atoms with Crippen molar-refractivity contribution in [1.29, 1.82) is 0 Å². The van der Waals surface area contributed by atoms with Gasteiger partial charge in [0.15, 0.2) is 29.9 Å². The van der Waals surface area contributed by atoms with Crippen LogP contribution in [0.15, 0.2) is 17.6 Å². The number of phosphoric ester groups is 2. The molecule has 264 valence electrons. The van der Waals surface area contributed by atoms with Crippen LogP contribution in [-0.4, -0.2) is 135 Å². The highest BCUT2D eigenvalue weighted by atomic mass is 31.3. The molecule has 0 aromatic carbocycles. The third kappa shape index (κ3) is 9.16. The molecule has 0 bridgehead atoms. The van der Waals surface area contributed by atoms with E-state index >= 15 is 0 Å². The summed E-state index contributed by atoms with van der Waals surface area (Å²) < 4.78 is 50.5. The number of phosphoric acid groups is 2. The quantitative estimate of drug-likeness (QED) is 0.0360. The first kappa shape index (κ1) is 36.9. The molecule has 2 unspecified atom stereocenters. The van der Waals surface area contributed by atoms with Gasteiger partial charge in [0.25, 0.3) is 0 Å². The third-order valence-electron chi connectivity index (χ3n) is 6.93. The number of nitrogen functional groups attached to an aromatic ring is 1. The summed E-state index contributed by atoms with van der Waals surface area (Å²) in [6, 6.07) is -1.07. The number of fused-ring (bicyclic) bond motifs is 1. The number of rotatable bonds is 15. The minimum atomic E-state index is -5.39. The second kappa shape index (κ2) is 15.1. The fourth-order valence-electron chi connectivity index (χ4n) is 4.50. The molecule has 2 aromatic rings. The number of hydrogen-bond donors (Lipinski definition) is 11. The minimum absolute atomic E-state index is 0.0427. The molecule has 4 heterocycles. The van der Waals surface area contributed by atoms with Crippen molar-refractivity contribution in [1.82, 2.24) is 24.8 Å². The highest BCUT2D eigenvalue weighted by molar-refractivity contribution is 7.61. The molecule has 0 radical (unpaired) electrons. The summed E-state index contributed by atoms with van der Waals surface area (Å²) in [6.07, 6.45) is -9.40. The maximum Gasteiger partial charge on any atom is 0.481 e. The van der Waals surface area contributed by atoms with Crippen LogP contribution in [-0.2, 0) is 36.8 Å². The van der Waals surface area contributed by atoms with Crippen LogP contribution in [0.1, 0.15) is 19.1 Å². The van der Waals surface area contributed by atoms with Crippen LogP contribution in [0.2, 0.25) is 0 Å². The molecule has 2 aromatic heterocycles. The van der Waals surface area contributed by atoms with E-state index in [1.54, 1.807) is 0 Å². The van der Waals surface area contributed by atoms with Gasteiger partial charge in [-0.15, -0.1) is 0 Å². The van der Waals surface area contributed by atoms with Crippen molar-refractivity contribution in [3.8, 4) is 0 Å². The number of nitrogens with two attached hydrogens (primary N) is 3. The van der Waals surface area contributed by atoms with Crippen molar-refractivity contribution < 1.29 is 72.1 Å².